The van der Waals surface area contributed by atoms with Gasteiger partial charge in [0, 0.05) is 23.3 Å². The Morgan fingerprint density at radius 1 is 1.33 bits per heavy atom. The maximum absolute atomic E-state index is 5.96. The molecule has 1 rings (SSSR count). The van der Waals surface area contributed by atoms with Gasteiger partial charge in [0.15, 0.2) is 0 Å². The van der Waals surface area contributed by atoms with Gasteiger partial charge in [0.05, 0.1) is 0 Å². The van der Waals surface area contributed by atoms with E-state index in [9.17, 15) is 0 Å². The average Bonchev–Trinajstić information content (AvgIpc) is 1.99. The Labute approximate surface area is 92.1 Å². The van der Waals surface area contributed by atoms with Crippen molar-refractivity contribution in [2.45, 2.75) is 52.5 Å². The van der Waals surface area contributed by atoms with Crippen molar-refractivity contribution in [3.63, 3.8) is 0 Å². The highest BCUT2D eigenvalue weighted by molar-refractivity contribution is 5.11. The van der Waals surface area contributed by atoms with Gasteiger partial charge in [-0.3, -0.25) is 0 Å². The second-order valence-electron chi connectivity index (χ2n) is 4.83. The topological polar surface area (TPSA) is 51.8 Å². The Morgan fingerprint density at radius 3 is 2.53 bits per heavy atom. The molecule has 3 nitrogen and oxygen atoms in total. The number of nitrogens with two attached hydrogens (primary N) is 1. The molecular weight excluding hydrogens is 186 g/mol. The third-order valence-electron chi connectivity index (χ3n) is 2.07. The average molecular weight is 207 g/mol. The van der Waals surface area contributed by atoms with Crippen molar-refractivity contribution in [3.05, 3.63) is 23.3 Å². The van der Waals surface area contributed by atoms with Gasteiger partial charge in [-0.25, -0.2) is 9.97 Å². The minimum Gasteiger partial charge on any atom is -0.325 e. The normalized spacial score (nSPS) is 11.8. The van der Waals surface area contributed by atoms with Gasteiger partial charge in [0.2, 0.25) is 0 Å². The van der Waals surface area contributed by atoms with E-state index < -0.39 is 0 Å². The molecule has 2 N–H and O–H groups in total. The molecule has 0 amide bonds. The van der Waals surface area contributed by atoms with Crippen molar-refractivity contribution in [1.29, 1.82) is 0 Å². The molecule has 0 aliphatic carbocycles. The van der Waals surface area contributed by atoms with Crippen molar-refractivity contribution >= 4 is 0 Å². The Kier molecular flexibility index (Phi) is 3.80. The van der Waals surface area contributed by atoms with Crippen LogP contribution in [0.5, 0.6) is 0 Å². The highest BCUT2D eigenvalue weighted by Crippen LogP contribution is 2.09. The largest absolute Gasteiger partial charge is 0.325 e. The van der Waals surface area contributed by atoms with E-state index in [-0.39, 0.29) is 5.54 Å². The van der Waals surface area contributed by atoms with E-state index in [1.54, 1.807) is 0 Å². The molecule has 15 heavy (non-hydrogen) atoms. The summed E-state index contributed by atoms with van der Waals surface area (Å²) in [5.74, 6) is 0.867. The summed E-state index contributed by atoms with van der Waals surface area (Å²) in [5.41, 5.74) is 7.89. The first-order valence-corrected chi connectivity index (χ1v) is 5.53. The molecule has 0 aliphatic heterocycles. The zero-order valence-electron chi connectivity index (χ0n) is 10.2. The molecule has 0 unspecified atom stereocenters. The highest BCUT2D eigenvalue weighted by atomic mass is 14.9. The zero-order chi connectivity index (χ0) is 11.5. The SMILES string of the molecule is CCCc1cc(C)nc(CC(C)(C)N)n1. The van der Waals surface area contributed by atoms with Crippen molar-refractivity contribution in [1.82, 2.24) is 9.97 Å². The van der Waals surface area contributed by atoms with Gasteiger partial charge in [0.1, 0.15) is 5.82 Å². The summed E-state index contributed by atoms with van der Waals surface area (Å²) in [6.45, 7) is 8.16. The lowest BCUT2D eigenvalue weighted by Gasteiger charge is -2.17. The van der Waals surface area contributed by atoms with Crippen LogP contribution in [-0.4, -0.2) is 15.5 Å². The van der Waals surface area contributed by atoms with Crippen molar-refractivity contribution in [2.75, 3.05) is 0 Å². The van der Waals surface area contributed by atoms with Crippen molar-refractivity contribution in [2.24, 2.45) is 5.73 Å². The summed E-state index contributed by atoms with van der Waals surface area (Å²) in [6.07, 6.45) is 2.86. The Morgan fingerprint density at radius 2 is 2.00 bits per heavy atom. The van der Waals surface area contributed by atoms with Crippen LogP contribution in [0.1, 0.15) is 44.4 Å². The van der Waals surface area contributed by atoms with Crippen LogP contribution in [0.15, 0.2) is 6.07 Å². The molecule has 0 fully saturated rings. The number of aromatic nitrogens is 2. The van der Waals surface area contributed by atoms with E-state index in [4.69, 9.17) is 5.73 Å². The van der Waals surface area contributed by atoms with Gasteiger partial charge in [0.25, 0.3) is 0 Å². The van der Waals surface area contributed by atoms with Gasteiger partial charge in [-0.15, -0.1) is 0 Å². The van der Waals surface area contributed by atoms with E-state index in [2.05, 4.69) is 23.0 Å². The minimum atomic E-state index is -0.239. The Hall–Kier alpha value is -0.960. The number of hydrogen-bond acceptors (Lipinski definition) is 3. The van der Waals surface area contributed by atoms with Crippen LogP contribution < -0.4 is 5.73 Å². The third kappa shape index (κ3) is 4.38. The number of nitrogens with zero attached hydrogens (tertiary/aromatic N) is 2. The molecule has 1 aromatic heterocycles. The highest BCUT2D eigenvalue weighted by Gasteiger charge is 2.14. The van der Waals surface area contributed by atoms with E-state index in [0.29, 0.717) is 0 Å². The lowest BCUT2D eigenvalue weighted by molar-refractivity contribution is 0.500. The number of hydrogen-bond donors (Lipinski definition) is 1. The second-order valence-corrected chi connectivity index (χ2v) is 4.83. The second kappa shape index (κ2) is 4.71. The molecular formula is C12H21N3. The molecule has 0 saturated carbocycles. The van der Waals surface area contributed by atoms with Gasteiger partial charge in [-0.05, 0) is 33.3 Å². The first-order valence-electron chi connectivity index (χ1n) is 5.53. The molecule has 0 radical (unpaired) electrons. The zero-order valence-corrected chi connectivity index (χ0v) is 10.2. The molecule has 3 heteroatoms. The summed E-state index contributed by atoms with van der Waals surface area (Å²) >= 11 is 0. The molecule has 1 aromatic rings. The maximum Gasteiger partial charge on any atom is 0.130 e. The molecule has 0 aliphatic rings. The third-order valence-corrected chi connectivity index (χ3v) is 2.07. The summed E-state index contributed by atoms with van der Waals surface area (Å²) in [4.78, 5) is 8.93. The van der Waals surface area contributed by atoms with Crippen LogP contribution in [0.3, 0.4) is 0 Å². The Balaban J connectivity index is 2.88. The quantitative estimate of drug-likeness (QED) is 0.821. The van der Waals surface area contributed by atoms with Crippen LogP contribution in [0.25, 0.3) is 0 Å². The van der Waals surface area contributed by atoms with E-state index in [0.717, 1.165) is 36.5 Å². The van der Waals surface area contributed by atoms with Crippen LogP contribution in [0.2, 0.25) is 0 Å². The predicted octanol–water partition coefficient (Wildman–Crippen LogP) is 2.02. The van der Waals surface area contributed by atoms with E-state index in [1.165, 1.54) is 0 Å². The lowest BCUT2D eigenvalue weighted by Crippen LogP contribution is -2.35. The molecule has 84 valence electrons. The number of rotatable bonds is 4. The molecule has 0 spiro atoms. The van der Waals surface area contributed by atoms with Gasteiger partial charge < -0.3 is 5.73 Å². The lowest BCUT2D eigenvalue weighted by atomic mass is 10.0. The summed E-state index contributed by atoms with van der Waals surface area (Å²) < 4.78 is 0. The monoisotopic (exact) mass is 207 g/mol. The molecule has 1 heterocycles. The fraction of sp³-hybridized carbons (Fsp3) is 0.667. The first kappa shape index (κ1) is 12.1. The van der Waals surface area contributed by atoms with Gasteiger partial charge in [-0.2, -0.15) is 0 Å². The van der Waals surface area contributed by atoms with Gasteiger partial charge >= 0.3 is 0 Å². The summed E-state index contributed by atoms with van der Waals surface area (Å²) in [7, 11) is 0. The standard InChI is InChI=1S/C12H21N3/c1-5-6-10-7-9(2)14-11(15-10)8-12(3,4)13/h7H,5-6,8,13H2,1-4H3. The van der Waals surface area contributed by atoms with Crippen molar-refractivity contribution in [3.8, 4) is 0 Å². The van der Waals surface area contributed by atoms with Crippen molar-refractivity contribution < 1.29 is 0 Å². The van der Waals surface area contributed by atoms with Gasteiger partial charge in [-0.1, -0.05) is 13.3 Å². The molecule has 0 atom stereocenters. The minimum absolute atomic E-state index is 0.239. The smallest absolute Gasteiger partial charge is 0.130 e. The van der Waals surface area contributed by atoms with Crippen LogP contribution in [-0.2, 0) is 12.8 Å². The van der Waals surface area contributed by atoms with E-state index >= 15 is 0 Å². The predicted molar refractivity (Wildman–Crippen MR) is 62.7 cm³/mol. The van der Waals surface area contributed by atoms with Crippen LogP contribution in [0, 0.1) is 6.92 Å². The summed E-state index contributed by atoms with van der Waals surface area (Å²) in [6, 6.07) is 2.05. The van der Waals surface area contributed by atoms with E-state index in [1.807, 2.05) is 20.8 Å². The fourth-order valence-electron chi connectivity index (χ4n) is 1.57. The first-order chi connectivity index (χ1) is 6.90. The maximum atomic E-state index is 5.96. The van der Waals surface area contributed by atoms with Crippen LogP contribution >= 0.6 is 0 Å². The molecule has 0 saturated heterocycles. The summed E-state index contributed by atoms with van der Waals surface area (Å²) in [5, 5.41) is 0. The molecule has 0 bridgehead atoms. The molecule has 0 aromatic carbocycles. The van der Waals surface area contributed by atoms with Crippen LogP contribution in [0.4, 0.5) is 0 Å². The fourth-order valence-corrected chi connectivity index (χ4v) is 1.57. The number of aryl methyl sites for hydroxylation is 2. The Bertz CT molecular complexity index is 326.